The summed E-state index contributed by atoms with van der Waals surface area (Å²) in [6, 6.07) is 11.9. The van der Waals surface area contributed by atoms with Crippen LogP contribution in [0.5, 0.6) is 0 Å². The maximum absolute atomic E-state index is 12.4. The molecule has 1 amide bonds. The van der Waals surface area contributed by atoms with E-state index in [2.05, 4.69) is 21.2 Å². The van der Waals surface area contributed by atoms with Gasteiger partial charge in [-0.25, -0.2) is 12.7 Å². The molecule has 0 saturated carbocycles. The van der Waals surface area contributed by atoms with E-state index in [4.69, 9.17) is 0 Å². The Bertz CT molecular complexity index is 848. The Morgan fingerprint density at radius 1 is 1.13 bits per heavy atom. The summed E-state index contributed by atoms with van der Waals surface area (Å²) < 4.78 is 26.1. The minimum Gasteiger partial charge on any atom is -0.322 e. The molecule has 1 N–H and O–H groups in total. The second kappa shape index (κ2) is 6.82. The highest BCUT2D eigenvalue weighted by Gasteiger charge is 2.22. The monoisotopic (exact) mass is 396 g/mol. The van der Waals surface area contributed by atoms with Crippen molar-refractivity contribution in [2.24, 2.45) is 0 Å². The normalized spacial score (nSPS) is 11.5. The van der Waals surface area contributed by atoms with E-state index in [-0.39, 0.29) is 16.4 Å². The number of aryl methyl sites for hydroxylation is 1. The highest BCUT2D eigenvalue weighted by atomic mass is 79.9. The van der Waals surface area contributed by atoms with Crippen LogP contribution in [0.1, 0.15) is 15.9 Å². The maximum atomic E-state index is 12.4. The van der Waals surface area contributed by atoms with Gasteiger partial charge >= 0.3 is 0 Å². The molecule has 23 heavy (non-hydrogen) atoms. The third kappa shape index (κ3) is 3.80. The number of nitrogens with zero attached hydrogens (tertiary/aromatic N) is 1. The zero-order valence-corrected chi connectivity index (χ0v) is 15.4. The van der Waals surface area contributed by atoms with Crippen molar-refractivity contribution in [2.45, 2.75) is 11.8 Å². The van der Waals surface area contributed by atoms with Crippen molar-refractivity contribution < 1.29 is 13.2 Å². The lowest BCUT2D eigenvalue weighted by Gasteiger charge is -2.14. The van der Waals surface area contributed by atoms with E-state index in [1.807, 2.05) is 25.1 Å². The molecule has 0 saturated heterocycles. The number of benzene rings is 2. The number of halogens is 1. The van der Waals surface area contributed by atoms with E-state index < -0.39 is 10.0 Å². The first-order valence-corrected chi connectivity index (χ1v) is 9.06. The molecular formula is C16H17BrN2O3S. The van der Waals surface area contributed by atoms with Gasteiger partial charge in [0.1, 0.15) is 0 Å². The average Bonchev–Trinajstić information content (AvgIpc) is 2.49. The zero-order chi connectivity index (χ0) is 17.2. The Morgan fingerprint density at radius 3 is 2.39 bits per heavy atom. The van der Waals surface area contributed by atoms with Gasteiger partial charge in [0.15, 0.2) is 0 Å². The number of anilines is 1. The number of carbonyl (C=O) groups excluding carboxylic acids is 1. The van der Waals surface area contributed by atoms with Crippen molar-refractivity contribution in [2.75, 3.05) is 19.4 Å². The van der Waals surface area contributed by atoms with Crippen LogP contribution in [0.4, 0.5) is 5.69 Å². The van der Waals surface area contributed by atoms with E-state index in [0.717, 1.165) is 9.87 Å². The van der Waals surface area contributed by atoms with Gasteiger partial charge in [-0.15, -0.1) is 0 Å². The molecule has 0 fully saturated rings. The molecule has 0 aliphatic rings. The quantitative estimate of drug-likeness (QED) is 0.861. The molecule has 2 aromatic rings. The van der Waals surface area contributed by atoms with Crippen LogP contribution in [0, 0.1) is 6.92 Å². The molecule has 0 unspecified atom stereocenters. The first-order chi connectivity index (χ1) is 10.7. The first-order valence-electron chi connectivity index (χ1n) is 6.82. The van der Waals surface area contributed by atoms with Crippen molar-refractivity contribution in [1.82, 2.24) is 4.31 Å². The Morgan fingerprint density at radius 2 is 1.78 bits per heavy atom. The van der Waals surface area contributed by atoms with Crippen molar-refractivity contribution in [1.29, 1.82) is 0 Å². The van der Waals surface area contributed by atoms with Gasteiger partial charge in [-0.05, 0) is 52.7 Å². The largest absolute Gasteiger partial charge is 0.322 e. The number of hydrogen-bond donors (Lipinski definition) is 1. The van der Waals surface area contributed by atoms with Crippen molar-refractivity contribution in [3.05, 3.63) is 58.1 Å². The third-order valence-corrected chi connectivity index (χ3v) is 6.15. The third-order valence-electron chi connectivity index (χ3n) is 3.35. The van der Waals surface area contributed by atoms with Crippen LogP contribution >= 0.6 is 15.9 Å². The van der Waals surface area contributed by atoms with Crippen LogP contribution in [0.25, 0.3) is 0 Å². The maximum Gasteiger partial charge on any atom is 0.255 e. The molecule has 0 heterocycles. The van der Waals surface area contributed by atoms with E-state index in [9.17, 15) is 13.2 Å². The number of amides is 1. The Labute approximate surface area is 144 Å². The standard InChI is InChI=1S/C16H17BrN2O3S/c1-11-6-4-5-7-14(11)18-16(20)12-8-9-13(17)15(10-12)23(21,22)19(2)3/h4-10H,1-3H3,(H,18,20). The lowest BCUT2D eigenvalue weighted by Crippen LogP contribution is -2.23. The SMILES string of the molecule is Cc1ccccc1NC(=O)c1ccc(Br)c(S(=O)(=O)N(C)C)c1. The van der Waals surface area contributed by atoms with Gasteiger partial charge in [0.25, 0.3) is 5.91 Å². The van der Waals surface area contributed by atoms with Gasteiger partial charge in [-0.1, -0.05) is 18.2 Å². The van der Waals surface area contributed by atoms with E-state index in [1.165, 1.54) is 20.2 Å². The van der Waals surface area contributed by atoms with Gasteiger partial charge in [0.2, 0.25) is 10.0 Å². The summed E-state index contributed by atoms with van der Waals surface area (Å²) >= 11 is 3.22. The van der Waals surface area contributed by atoms with Crippen LogP contribution in [0.3, 0.4) is 0 Å². The highest BCUT2D eigenvalue weighted by molar-refractivity contribution is 9.10. The molecule has 0 radical (unpaired) electrons. The summed E-state index contributed by atoms with van der Waals surface area (Å²) in [7, 11) is -0.746. The van der Waals surface area contributed by atoms with E-state index in [1.54, 1.807) is 18.2 Å². The molecule has 0 aliphatic carbocycles. The Kier molecular flexibility index (Phi) is 5.23. The zero-order valence-electron chi connectivity index (χ0n) is 13.0. The molecule has 122 valence electrons. The molecule has 0 atom stereocenters. The van der Waals surface area contributed by atoms with Crippen LogP contribution < -0.4 is 5.32 Å². The molecular weight excluding hydrogens is 380 g/mol. The molecule has 2 aromatic carbocycles. The fourth-order valence-corrected chi connectivity index (χ4v) is 3.79. The summed E-state index contributed by atoms with van der Waals surface area (Å²) in [5.41, 5.74) is 1.90. The second-order valence-electron chi connectivity index (χ2n) is 5.20. The highest BCUT2D eigenvalue weighted by Crippen LogP contribution is 2.26. The molecule has 0 bridgehead atoms. The summed E-state index contributed by atoms with van der Waals surface area (Å²) in [6.07, 6.45) is 0. The fraction of sp³-hybridized carbons (Fsp3) is 0.188. The predicted octanol–water partition coefficient (Wildman–Crippen LogP) is 3.26. The van der Waals surface area contributed by atoms with Crippen molar-refractivity contribution in [3.8, 4) is 0 Å². The molecule has 0 aromatic heterocycles. The fourth-order valence-electron chi connectivity index (χ4n) is 1.95. The van der Waals surface area contributed by atoms with E-state index in [0.29, 0.717) is 10.2 Å². The second-order valence-corrected chi connectivity index (χ2v) is 8.18. The lowest BCUT2D eigenvalue weighted by molar-refractivity contribution is 0.102. The predicted molar refractivity (Wildman–Crippen MR) is 94.1 cm³/mol. The molecule has 2 rings (SSSR count). The number of nitrogens with one attached hydrogen (secondary N) is 1. The van der Waals surface area contributed by atoms with Gasteiger partial charge in [-0.2, -0.15) is 0 Å². The topological polar surface area (TPSA) is 66.5 Å². The van der Waals surface area contributed by atoms with E-state index >= 15 is 0 Å². The Hall–Kier alpha value is -1.70. The smallest absolute Gasteiger partial charge is 0.255 e. The number of rotatable bonds is 4. The first kappa shape index (κ1) is 17.7. The number of hydrogen-bond acceptors (Lipinski definition) is 3. The summed E-state index contributed by atoms with van der Waals surface area (Å²) in [4.78, 5) is 12.4. The molecule has 7 heteroatoms. The van der Waals surface area contributed by atoms with Gasteiger partial charge < -0.3 is 5.32 Å². The Balaban J connectivity index is 2.38. The lowest BCUT2D eigenvalue weighted by atomic mass is 10.1. The minimum absolute atomic E-state index is 0.0555. The van der Waals surface area contributed by atoms with Crippen LogP contribution in [0.15, 0.2) is 51.8 Å². The molecule has 5 nitrogen and oxygen atoms in total. The van der Waals surface area contributed by atoms with Gasteiger partial charge in [0.05, 0.1) is 4.90 Å². The van der Waals surface area contributed by atoms with Crippen LogP contribution in [0.2, 0.25) is 0 Å². The summed E-state index contributed by atoms with van der Waals surface area (Å²) in [6.45, 7) is 1.89. The summed E-state index contributed by atoms with van der Waals surface area (Å²) in [5.74, 6) is -0.359. The molecule has 0 spiro atoms. The van der Waals surface area contributed by atoms with Crippen LogP contribution in [-0.4, -0.2) is 32.7 Å². The van der Waals surface area contributed by atoms with Gasteiger partial charge in [-0.3, -0.25) is 4.79 Å². The number of para-hydroxylation sites is 1. The summed E-state index contributed by atoms with van der Waals surface area (Å²) in [5, 5.41) is 2.79. The van der Waals surface area contributed by atoms with Gasteiger partial charge in [0, 0.05) is 29.8 Å². The van der Waals surface area contributed by atoms with Crippen molar-refractivity contribution >= 4 is 37.5 Å². The average molecular weight is 397 g/mol. The minimum atomic E-state index is -3.64. The molecule has 0 aliphatic heterocycles. The van der Waals surface area contributed by atoms with Crippen molar-refractivity contribution in [3.63, 3.8) is 0 Å². The number of carbonyl (C=O) groups is 1. The number of sulfonamides is 1. The van der Waals surface area contributed by atoms with Crippen LogP contribution in [-0.2, 0) is 10.0 Å².